The van der Waals surface area contributed by atoms with Crippen molar-refractivity contribution in [3.63, 3.8) is 0 Å². The zero-order valence-corrected chi connectivity index (χ0v) is 11.0. The Morgan fingerprint density at radius 3 is 2.89 bits per heavy atom. The number of hydrogen-bond acceptors (Lipinski definition) is 3. The van der Waals surface area contributed by atoms with Crippen LogP contribution in [0.15, 0.2) is 18.2 Å². The second-order valence-electron chi connectivity index (χ2n) is 4.84. The minimum atomic E-state index is -0.422. The van der Waals surface area contributed by atoms with Crippen LogP contribution in [0.3, 0.4) is 0 Å². The normalized spacial score (nSPS) is 15.6. The maximum Gasteiger partial charge on any atom is 0.145 e. The second-order valence-corrected chi connectivity index (χ2v) is 4.84. The molecule has 0 radical (unpaired) electrons. The maximum atomic E-state index is 13.7. The minimum absolute atomic E-state index is 0.0986. The topological polar surface area (TPSA) is 45.0 Å². The highest BCUT2D eigenvalue weighted by molar-refractivity contribution is 5.34. The molecule has 4 heteroatoms. The Morgan fingerprint density at radius 1 is 1.37 bits per heavy atom. The number of nitrogens with zero attached hydrogens (tertiary/aromatic N) is 1. The predicted octanol–water partition coefficient (Wildman–Crippen LogP) is 2.75. The summed E-state index contributed by atoms with van der Waals surface area (Å²) in [5, 5.41) is 11.9. The smallest absolute Gasteiger partial charge is 0.145 e. The van der Waals surface area contributed by atoms with E-state index in [1.165, 1.54) is 31.7 Å². The molecule has 0 aromatic heterocycles. The van der Waals surface area contributed by atoms with Crippen molar-refractivity contribution in [1.82, 2.24) is 5.32 Å². The number of ether oxygens (including phenoxy) is 1. The van der Waals surface area contributed by atoms with E-state index in [1.807, 2.05) is 6.07 Å². The van der Waals surface area contributed by atoms with E-state index >= 15 is 0 Å². The summed E-state index contributed by atoms with van der Waals surface area (Å²) in [4.78, 5) is 0. The highest BCUT2D eigenvalue weighted by Gasteiger charge is 2.14. The standard InChI is InChI=1S/C15H19FN2O/c16-15-12(10-17)4-3-5-13(15)11-18-8-9-19-14-6-1-2-7-14/h3-5,14,18H,1-2,6-9,11H2. The lowest BCUT2D eigenvalue weighted by atomic mass is 10.1. The molecule has 0 aliphatic heterocycles. The molecule has 0 amide bonds. The summed E-state index contributed by atoms with van der Waals surface area (Å²) in [6.07, 6.45) is 5.28. The third-order valence-corrected chi connectivity index (χ3v) is 3.45. The summed E-state index contributed by atoms with van der Waals surface area (Å²) in [5.74, 6) is -0.422. The summed E-state index contributed by atoms with van der Waals surface area (Å²) in [6.45, 7) is 1.78. The van der Waals surface area contributed by atoms with Crippen LogP contribution in [-0.4, -0.2) is 19.3 Å². The van der Waals surface area contributed by atoms with Crippen molar-refractivity contribution in [3.8, 4) is 6.07 Å². The Kier molecular flexibility index (Phi) is 5.31. The largest absolute Gasteiger partial charge is 0.377 e. The molecule has 3 nitrogen and oxygen atoms in total. The van der Waals surface area contributed by atoms with Gasteiger partial charge in [0, 0.05) is 18.7 Å². The lowest BCUT2D eigenvalue weighted by molar-refractivity contribution is 0.0602. The Balaban J connectivity index is 1.69. The molecule has 0 saturated heterocycles. The van der Waals surface area contributed by atoms with Crippen molar-refractivity contribution in [3.05, 3.63) is 35.1 Å². The zero-order valence-electron chi connectivity index (χ0n) is 11.0. The molecule has 1 aliphatic rings. The molecule has 1 saturated carbocycles. The fourth-order valence-electron chi connectivity index (χ4n) is 2.38. The average molecular weight is 262 g/mol. The van der Waals surface area contributed by atoms with Crippen LogP contribution in [0, 0.1) is 17.1 Å². The van der Waals surface area contributed by atoms with Gasteiger partial charge >= 0.3 is 0 Å². The van der Waals surface area contributed by atoms with Crippen molar-refractivity contribution >= 4 is 0 Å². The number of halogens is 1. The number of nitriles is 1. The third kappa shape index (κ3) is 4.02. The summed E-state index contributed by atoms with van der Waals surface area (Å²) in [5.41, 5.74) is 0.626. The SMILES string of the molecule is N#Cc1cccc(CNCCOC2CCCC2)c1F. The zero-order chi connectivity index (χ0) is 13.5. The van der Waals surface area contributed by atoms with Gasteiger partial charge in [0.2, 0.25) is 0 Å². The molecule has 1 aromatic carbocycles. The average Bonchev–Trinajstić information content (AvgIpc) is 2.93. The molecular formula is C15H19FN2O. The van der Waals surface area contributed by atoms with Gasteiger partial charge in [0.25, 0.3) is 0 Å². The number of benzene rings is 1. The number of nitrogens with one attached hydrogen (secondary N) is 1. The summed E-state index contributed by atoms with van der Waals surface area (Å²) in [7, 11) is 0. The molecular weight excluding hydrogens is 243 g/mol. The van der Waals surface area contributed by atoms with E-state index < -0.39 is 5.82 Å². The van der Waals surface area contributed by atoms with E-state index in [0.29, 0.717) is 31.4 Å². The van der Waals surface area contributed by atoms with Crippen molar-refractivity contribution in [2.75, 3.05) is 13.2 Å². The van der Waals surface area contributed by atoms with Gasteiger partial charge in [0.05, 0.1) is 18.3 Å². The Labute approximate surface area is 113 Å². The first-order valence-electron chi connectivity index (χ1n) is 6.81. The Bertz CT molecular complexity index is 450. The van der Waals surface area contributed by atoms with Gasteiger partial charge in [-0.3, -0.25) is 0 Å². The first-order valence-corrected chi connectivity index (χ1v) is 6.81. The van der Waals surface area contributed by atoms with E-state index in [-0.39, 0.29) is 5.56 Å². The lowest BCUT2D eigenvalue weighted by Gasteiger charge is -2.11. The van der Waals surface area contributed by atoms with Gasteiger partial charge in [0.1, 0.15) is 11.9 Å². The van der Waals surface area contributed by atoms with E-state index in [2.05, 4.69) is 5.32 Å². The number of hydrogen-bond donors (Lipinski definition) is 1. The predicted molar refractivity (Wildman–Crippen MR) is 71.0 cm³/mol. The Morgan fingerprint density at radius 2 is 2.16 bits per heavy atom. The van der Waals surface area contributed by atoms with Gasteiger partial charge in [-0.2, -0.15) is 5.26 Å². The van der Waals surface area contributed by atoms with Crippen LogP contribution in [0.4, 0.5) is 4.39 Å². The van der Waals surface area contributed by atoms with Crippen LogP contribution in [-0.2, 0) is 11.3 Å². The van der Waals surface area contributed by atoms with E-state index in [9.17, 15) is 4.39 Å². The molecule has 1 aromatic rings. The Hall–Kier alpha value is -1.44. The molecule has 1 aliphatic carbocycles. The van der Waals surface area contributed by atoms with Gasteiger partial charge in [-0.05, 0) is 18.9 Å². The van der Waals surface area contributed by atoms with Crippen LogP contribution in [0.5, 0.6) is 0 Å². The van der Waals surface area contributed by atoms with Gasteiger partial charge in [0.15, 0.2) is 0 Å². The van der Waals surface area contributed by atoms with Gasteiger partial charge < -0.3 is 10.1 Å². The molecule has 1 fully saturated rings. The summed E-state index contributed by atoms with van der Waals surface area (Å²) < 4.78 is 19.4. The van der Waals surface area contributed by atoms with E-state index in [4.69, 9.17) is 10.00 Å². The van der Waals surface area contributed by atoms with Gasteiger partial charge in [-0.15, -0.1) is 0 Å². The van der Waals surface area contributed by atoms with Crippen LogP contribution < -0.4 is 5.32 Å². The molecule has 1 N–H and O–H groups in total. The fourth-order valence-corrected chi connectivity index (χ4v) is 2.38. The van der Waals surface area contributed by atoms with Crippen LogP contribution in [0.1, 0.15) is 36.8 Å². The molecule has 0 heterocycles. The highest BCUT2D eigenvalue weighted by Crippen LogP contribution is 2.20. The van der Waals surface area contributed by atoms with Gasteiger partial charge in [-0.25, -0.2) is 4.39 Å². The quantitative estimate of drug-likeness (QED) is 0.802. The number of rotatable bonds is 6. The van der Waals surface area contributed by atoms with Crippen molar-refractivity contribution in [1.29, 1.82) is 5.26 Å². The first kappa shape index (κ1) is 14.0. The summed E-state index contributed by atoms with van der Waals surface area (Å²) in [6, 6.07) is 6.73. The van der Waals surface area contributed by atoms with E-state index in [0.717, 1.165) is 0 Å². The summed E-state index contributed by atoms with van der Waals surface area (Å²) >= 11 is 0. The van der Waals surface area contributed by atoms with Crippen molar-refractivity contribution in [2.24, 2.45) is 0 Å². The molecule has 0 bridgehead atoms. The van der Waals surface area contributed by atoms with E-state index in [1.54, 1.807) is 12.1 Å². The molecule has 19 heavy (non-hydrogen) atoms. The fraction of sp³-hybridized carbons (Fsp3) is 0.533. The lowest BCUT2D eigenvalue weighted by Crippen LogP contribution is -2.22. The van der Waals surface area contributed by atoms with Crippen LogP contribution in [0.2, 0.25) is 0 Å². The van der Waals surface area contributed by atoms with Crippen molar-refractivity contribution < 1.29 is 9.13 Å². The molecule has 0 atom stereocenters. The third-order valence-electron chi connectivity index (χ3n) is 3.45. The highest BCUT2D eigenvalue weighted by atomic mass is 19.1. The maximum absolute atomic E-state index is 13.7. The van der Waals surface area contributed by atoms with Crippen LogP contribution in [0.25, 0.3) is 0 Å². The monoisotopic (exact) mass is 262 g/mol. The molecule has 0 unspecified atom stereocenters. The molecule has 102 valence electrons. The molecule has 2 rings (SSSR count). The first-order chi connectivity index (χ1) is 9.31. The minimum Gasteiger partial charge on any atom is -0.377 e. The van der Waals surface area contributed by atoms with Crippen molar-refractivity contribution in [2.45, 2.75) is 38.3 Å². The van der Waals surface area contributed by atoms with Gasteiger partial charge in [-0.1, -0.05) is 25.0 Å². The molecule has 0 spiro atoms. The second kappa shape index (κ2) is 7.22. The van der Waals surface area contributed by atoms with Crippen LogP contribution >= 0.6 is 0 Å².